The van der Waals surface area contributed by atoms with Crippen molar-refractivity contribution in [3.8, 4) is 10.8 Å². The second-order valence-corrected chi connectivity index (χ2v) is 8.97. The number of rotatable bonds is 5. The molecule has 156 valence electrons. The highest BCUT2D eigenvalue weighted by Crippen LogP contribution is 2.42. The maximum Gasteiger partial charge on any atom is 0.259 e. The zero-order valence-electron chi connectivity index (χ0n) is 17.5. The van der Waals surface area contributed by atoms with Crippen LogP contribution in [0.1, 0.15) is 35.7 Å². The molecule has 30 heavy (non-hydrogen) atoms. The van der Waals surface area contributed by atoms with Crippen LogP contribution in [-0.4, -0.2) is 39.1 Å². The number of piperidine rings is 1. The minimum atomic E-state index is 0.450. The van der Waals surface area contributed by atoms with Gasteiger partial charge in [0, 0.05) is 34.4 Å². The number of nitrogens with one attached hydrogen (secondary N) is 2. The summed E-state index contributed by atoms with van der Waals surface area (Å²) in [7, 11) is 1.96. The van der Waals surface area contributed by atoms with Gasteiger partial charge in [-0.2, -0.15) is 5.10 Å². The molecular weight excluding hydrogens is 396 g/mol. The molecule has 3 aromatic heterocycles. The van der Waals surface area contributed by atoms with E-state index in [1.807, 2.05) is 18.7 Å². The molecule has 1 fully saturated rings. The van der Waals surface area contributed by atoms with Crippen molar-refractivity contribution in [1.29, 1.82) is 0 Å². The van der Waals surface area contributed by atoms with E-state index in [4.69, 9.17) is 4.42 Å². The first kappa shape index (κ1) is 19.3. The molecule has 8 heteroatoms. The van der Waals surface area contributed by atoms with E-state index in [1.165, 1.54) is 10.1 Å². The van der Waals surface area contributed by atoms with Gasteiger partial charge in [-0.05, 0) is 45.8 Å². The number of fused-ring (bicyclic) bond motifs is 1. The number of nitrogens with zero attached hydrogens (tertiary/aromatic N) is 4. The molecule has 1 aliphatic rings. The van der Waals surface area contributed by atoms with Crippen LogP contribution in [0.15, 0.2) is 28.7 Å². The molecule has 0 unspecified atom stereocenters. The Morgan fingerprint density at radius 2 is 2.00 bits per heavy atom. The molecule has 1 saturated heterocycles. The molecule has 4 heterocycles. The summed E-state index contributed by atoms with van der Waals surface area (Å²) in [5.74, 6) is 1.20. The smallest absolute Gasteiger partial charge is 0.259 e. The van der Waals surface area contributed by atoms with Crippen LogP contribution in [0.3, 0.4) is 0 Å². The molecule has 0 spiro atoms. The molecule has 7 nitrogen and oxygen atoms in total. The minimum absolute atomic E-state index is 0.450. The van der Waals surface area contributed by atoms with E-state index in [-0.39, 0.29) is 0 Å². The summed E-state index contributed by atoms with van der Waals surface area (Å²) in [6.45, 7) is 6.18. The van der Waals surface area contributed by atoms with Crippen LogP contribution in [-0.2, 0) is 13.5 Å². The Hall–Kier alpha value is -2.71. The topological polar surface area (TPSA) is 80.8 Å². The molecule has 1 aliphatic heterocycles. The van der Waals surface area contributed by atoms with Gasteiger partial charge >= 0.3 is 0 Å². The lowest BCUT2D eigenvalue weighted by atomic mass is 10.1. The van der Waals surface area contributed by atoms with Gasteiger partial charge in [-0.15, -0.1) is 21.5 Å². The third kappa shape index (κ3) is 3.50. The first-order valence-electron chi connectivity index (χ1n) is 10.4. The van der Waals surface area contributed by atoms with Gasteiger partial charge in [-0.1, -0.05) is 18.2 Å². The van der Waals surface area contributed by atoms with Gasteiger partial charge in [-0.25, -0.2) is 0 Å². The first-order chi connectivity index (χ1) is 14.6. The van der Waals surface area contributed by atoms with Crippen molar-refractivity contribution in [1.82, 2.24) is 25.3 Å². The van der Waals surface area contributed by atoms with Crippen LogP contribution in [0.4, 0.5) is 5.69 Å². The Kier molecular flexibility index (Phi) is 5.04. The summed E-state index contributed by atoms with van der Waals surface area (Å²) < 4.78 is 9.27. The second-order valence-electron chi connectivity index (χ2n) is 7.92. The van der Waals surface area contributed by atoms with E-state index in [0.29, 0.717) is 24.2 Å². The zero-order valence-corrected chi connectivity index (χ0v) is 18.3. The van der Waals surface area contributed by atoms with E-state index >= 15 is 0 Å². The van der Waals surface area contributed by atoms with Gasteiger partial charge in [0.25, 0.3) is 5.89 Å². The molecule has 0 radical (unpaired) electrons. The van der Waals surface area contributed by atoms with Crippen LogP contribution >= 0.6 is 11.3 Å². The Morgan fingerprint density at radius 3 is 2.77 bits per heavy atom. The predicted molar refractivity (Wildman–Crippen MR) is 120 cm³/mol. The van der Waals surface area contributed by atoms with E-state index in [0.717, 1.165) is 53.4 Å². The van der Waals surface area contributed by atoms with Crippen LogP contribution < -0.4 is 10.6 Å². The van der Waals surface area contributed by atoms with Gasteiger partial charge in [-0.3, -0.25) is 4.68 Å². The van der Waals surface area contributed by atoms with Gasteiger partial charge in [0.05, 0.1) is 17.8 Å². The number of thiophene rings is 1. The molecule has 0 bridgehead atoms. The first-order valence-corrected chi connectivity index (χ1v) is 11.2. The van der Waals surface area contributed by atoms with Gasteiger partial charge in [0.1, 0.15) is 4.88 Å². The molecule has 1 aromatic carbocycles. The summed E-state index contributed by atoms with van der Waals surface area (Å²) >= 11 is 1.70. The fraction of sp³-hybridized carbons (Fsp3) is 0.409. The summed E-state index contributed by atoms with van der Waals surface area (Å²) in [4.78, 5) is 1.02. The average Bonchev–Trinajstić information content (AvgIpc) is 3.42. The lowest BCUT2D eigenvalue weighted by Crippen LogP contribution is -2.35. The predicted octanol–water partition coefficient (Wildman–Crippen LogP) is 4.06. The molecule has 4 aromatic rings. The minimum Gasteiger partial charge on any atom is -0.419 e. The largest absolute Gasteiger partial charge is 0.419 e. The number of hydrogen-bond donors (Lipinski definition) is 2. The number of benzene rings is 1. The lowest BCUT2D eigenvalue weighted by molar-refractivity contribution is 0.479. The quantitative estimate of drug-likeness (QED) is 0.505. The molecule has 2 N–H and O–H groups in total. The van der Waals surface area contributed by atoms with E-state index in [2.05, 4.69) is 57.1 Å². The highest BCUT2D eigenvalue weighted by Gasteiger charge is 2.23. The number of hydrogen-bond acceptors (Lipinski definition) is 7. The Morgan fingerprint density at radius 1 is 1.20 bits per heavy atom. The van der Waals surface area contributed by atoms with Crippen molar-refractivity contribution in [2.75, 3.05) is 18.4 Å². The van der Waals surface area contributed by atoms with Crippen molar-refractivity contribution in [2.45, 2.75) is 39.2 Å². The van der Waals surface area contributed by atoms with Crippen molar-refractivity contribution in [3.05, 3.63) is 47.1 Å². The molecule has 0 aliphatic carbocycles. The Balaban J connectivity index is 1.49. The molecule has 0 saturated carbocycles. The second kappa shape index (κ2) is 7.85. The van der Waals surface area contributed by atoms with Crippen LogP contribution in [0.5, 0.6) is 0 Å². The summed E-state index contributed by atoms with van der Waals surface area (Å²) in [5.41, 5.74) is 4.40. The maximum absolute atomic E-state index is 6.15. The Labute approximate surface area is 179 Å². The van der Waals surface area contributed by atoms with Crippen molar-refractivity contribution in [2.24, 2.45) is 7.05 Å². The number of anilines is 1. The molecule has 0 amide bonds. The van der Waals surface area contributed by atoms with Crippen LogP contribution in [0.25, 0.3) is 20.9 Å². The molecule has 5 rings (SSSR count). The fourth-order valence-corrected chi connectivity index (χ4v) is 5.24. The summed E-state index contributed by atoms with van der Waals surface area (Å²) in [5, 5.41) is 21.7. The van der Waals surface area contributed by atoms with E-state index in [1.54, 1.807) is 11.3 Å². The Bertz CT molecular complexity index is 1180. The lowest BCUT2D eigenvalue weighted by Gasteiger charge is -2.24. The standard InChI is InChI=1S/C22H26N6OS/c1-13-17(14(2)28(3)27-13)12-19-25-26-22(29-19)21-20(24-15-8-10-23-11-9-15)16-6-4-5-7-18(16)30-21/h4-7,15,23-24H,8-12H2,1-3H3. The maximum atomic E-state index is 6.15. The highest BCUT2D eigenvalue weighted by molar-refractivity contribution is 7.23. The van der Waals surface area contributed by atoms with Crippen molar-refractivity contribution in [3.63, 3.8) is 0 Å². The van der Waals surface area contributed by atoms with E-state index < -0.39 is 0 Å². The van der Waals surface area contributed by atoms with Gasteiger partial charge in [0.15, 0.2) is 0 Å². The highest BCUT2D eigenvalue weighted by atomic mass is 32.1. The zero-order chi connectivity index (χ0) is 20.7. The molecular formula is C22H26N6OS. The summed E-state index contributed by atoms with van der Waals surface area (Å²) in [6.07, 6.45) is 2.82. The van der Waals surface area contributed by atoms with Gasteiger partial charge in [0.2, 0.25) is 5.89 Å². The van der Waals surface area contributed by atoms with Crippen molar-refractivity contribution >= 4 is 27.1 Å². The van der Waals surface area contributed by atoms with Crippen molar-refractivity contribution < 1.29 is 4.42 Å². The third-order valence-corrected chi connectivity index (χ3v) is 7.09. The van der Waals surface area contributed by atoms with Crippen LogP contribution in [0, 0.1) is 13.8 Å². The number of aryl methyl sites for hydroxylation is 2. The molecule has 0 atom stereocenters. The third-order valence-electron chi connectivity index (χ3n) is 5.93. The van der Waals surface area contributed by atoms with E-state index in [9.17, 15) is 0 Å². The number of aromatic nitrogens is 4. The van der Waals surface area contributed by atoms with Crippen LogP contribution in [0.2, 0.25) is 0 Å². The average molecular weight is 423 g/mol. The monoisotopic (exact) mass is 422 g/mol. The SMILES string of the molecule is Cc1nn(C)c(C)c1Cc1nnc(-c2sc3ccccc3c2NC2CCNCC2)o1. The van der Waals surface area contributed by atoms with Gasteiger partial charge < -0.3 is 15.1 Å². The fourth-order valence-electron chi connectivity index (χ4n) is 4.15. The normalized spacial score (nSPS) is 15.2. The summed E-state index contributed by atoms with van der Waals surface area (Å²) in [6, 6.07) is 8.92.